The number of hydrogen-bond donors (Lipinski definition) is 0. The van der Waals surface area contributed by atoms with E-state index in [-0.39, 0.29) is 11.7 Å². The van der Waals surface area contributed by atoms with Gasteiger partial charge < -0.3 is 9.47 Å². The third-order valence-electron chi connectivity index (χ3n) is 6.36. The van der Waals surface area contributed by atoms with Crippen LogP contribution in [0.5, 0.6) is 5.75 Å². The van der Waals surface area contributed by atoms with Gasteiger partial charge >= 0.3 is 0 Å². The lowest BCUT2D eigenvalue weighted by atomic mass is 9.74. The zero-order valence-electron chi connectivity index (χ0n) is 15.5. The monoisotopic (exact) mass is 350 g/mol. The molecular weight excluding hydrogens is 324 g/mol. The van der Waals surface area contributed by atoms with Crippen molar-refractivity contribution in [1.82, 2.24) is 9.88 Å². The number of pyridine rings is 1. The van der Waals surface area contributed by atoms with Crippen LogP contribution in [0.2, 0.25) is 0 Å². The molecule has 3 aliphatic rings. The molecule has 2 saturated heterocycles. The van der Waals surface area contributed by atoms with Gasteiger partial charge in [0.25, 0.3) is 0 Å². The highest BCUT2D eigenvalue weighted by molar-refractivity contribution is 5.39. The minimum absolute atomic E-state index is 0.144. The van der Waals surface area contributed by atoms with Gasteiger partial charge in [-0.3, -0.25) is 9.88 Å². The average molecular weight is 350 g/mol. The van der Waals surface area contributed by atoms with Gasteiger partial charge in [0.15, 0.2) is 0 Å². The van der Waals surface area contributed by atoms with Crippen LogP contribution in [-0.4, -0.2) is 34.2 Å². The lowest BCUT2D eigenvalue weighted by molar-refractivity contribution is -0.162. The second-order valence-corrected chi connectivity index (χ2v) is 8.33. The van der Waals surface area contributed by atoms with Gasteiger partial charge in [-0.25, -0.2) is 0 Å². The van der Waals surface area contributed by atoms with E-state index in [1.54, 1.807) is 0 Å². The third-order valence-corrected chi connectivity index (χ3v) is 6.36. The van der Waals surface area contributed by atoms with Crippen LogP contribution in [0.15, 0.2) is 48.7 Å². The number of rotatable bonds is 2. The Morgan fingerprint density at radius 2 is 2.00 bits per heavy atom. The molecule has 0 spiro atoms. The summed E-state index contributed by atoms with van der Waals surface area (Å²) in [5.41, 5.74) is 2.14. The first-order chi connectivity index (χ1) is 12.6. The molecule has 4 heteroatoms. The fourth-order valence-corrected chi connectivity index (χ4v) is 5.01. The van der Waals surface area contributed by atoms with Crippen molar-refractivity contribution in [2.75, 3.05) is 6.54 Å². The Labute approximate surface area is 155 Å². The number of aromatic nitrogens is 1. The summed E-state index contributed by atoms with van der Waals surface area (Å²) in [7, 11) is 0. The van der Waals surface area contributed by atoms with Gasteiger partial charge in [0.2, 0.25) is 0 Å². The van der Waals surface area contributed by atoms with Gasteiger partial charge in [0.1, 0.15) is 11.4 Å². The lowest BCUT2D eigenvalue weighted by Gasteiger charge is -2.50. The van der Waals surface area contributed by atoms with Crippen LogP contribution < -0.4 is 4.74 Å². The molecule has 0 radical (unpaired) electrons. The summed E-state index contributed by atoms with van der Waals surface area (Å²) < 4.78 is 13.1. The minimum atomic E-state index is -0.219. The molecule has 0 unspecified atom stereocenters. The highest BCUT2D eigenvalue weighted by atomic mass is 16.5. The van der Waals surface area contributed by atoms with Crippen LogP contribution in [0.4, 0.5) is 0 Å². The molecule has 4 nitrogen and oxygen atoms in total. The Kier molecular flexibility index (Phi) is 3.80. The summed E-state index contributed by atoms with van der Waals surface area (Å²) in [6, 6.07) is 15.0. The van der Waals surface area contributed by atoms with Crippen molar-refractivity contribution in [2.45, 2.75) is 57.1 Å². The molecule has 4 atom stereocenters. The first-order valence-electron chi connectivity index (χ1n) is 9.69. The van der Waals surface area contributed by atoms with Crippen molar-refractivity contribution in [1.29, 1.82) is 0 Å². The number of para-hydroxylation sites is 1. The summed E-state index contributed by atoms with van der Waals surface area (Å²) >= 11 is 0. The third kappa shape index (κ3) is 2.63. The highest BCUT2D eigenvalue weighted by Crippen LogP contribution is 2.52. The SMILES string of the molecule is CC1(C)Oc2ccccc2[C@@H]2O[C@@H]3CCN(Cc4ccccn4)[C@@H]3C[C@H]21. The van der Waals surface area contributed by atoms with Crippen LogP contribution in [0.1, 0.15) is 44.1 Å². The van der Waals surface area contributed by atoms with Crippen molar-refractivity contribution in [3.63, 3.8) is 0 Å². The van der Waals surface area contributed by atoms with Gasteiger partial charge in [-0.15, -0.1) is 0 Å². The van der Waals surface area contributed by atoms with Crippen LogP contribution >= 0.6 is 0 Å². The Balaban J connectivity index is 1.42. The Hall–Kier alpha value is -1.91. The molecule has 5 rings (SSSR count). The highest BCUT2D eigenvalue weighted by Gasteiger charge is 2.52. The molecule has 1 aromatic carbocycles. The number of nitrogens with zero attached hydrogens (tertiary/aromatic N) is 2. The largest absolute Gasteiger partial charge is 0.487 e. The summed E-state index contributed by atoms with van der Waals surface area (Å²) in [6.07, 6.45) is 4.55. The van der Waals surface area contributed by atoms with E-state index in [1.165, 1.54) is 5.56 Å². The van der Waals surface area contributed by atoms with Crippen molar-refractivity contribution in [3.8, 4) is 5.75 Å². The van der Waals surface area contributed by atoms with Crippen LogP contribution in [-0.2, 0) is 11.3 Å². The van der Waals surface area contributed by atoms with Gasteiger partial charge in [-0.2, -0.15) is 0 Å². The first-order valence-corrected chi connectivity index (χ1v) is 9.69. The normalized spacial score (nSPS) is 32.2. The smallest absolute Gasteiger partial charge is 0.125 e. The standard InChI is InChI=1S/C22H26N2O2/c1-22(2)17-13-18-20(10-12-24(18)14-15-7-5-6-11-23-15)25-21(17)16-8-3-4-9-19(16)26-22/h3-9,11,17-18,20-21H,10,12-14H2,1-2H3/t17-,18-,20-,21+/m1/s1. The second kappa shape index (κ2) is 6.07. The molecule has 1 aromatic heterocycles. The second-order valence-electron chi connectivity index (χ2n) is 8.33. The average Bonchev–Trinajstić information content (AvgIpc) is 3.03. The summed E-state index contributed by atoms with van der Waals surface area (Å²) in [4.78, 5) is 7.07. The summed E-state index contributed by atoms with van der Waals surface area (Å²) in [5.74, 6) is 1.35. The maximum Gasteiger partial charge on any atom is 0.125 e. The van der Waals surface area contributed by atoms with E-state index >= 15 is 0 Å². The molecule has 0 aliphatic carbocycles. The van der Waals surface area contributed by atoms with Gasteiger partial charge in [-0.1, -0.05) is 24.3 Å². The van der Waals surface area contributed by atoms with E-state index in [0.29, 0.717) is 18.1 Å². The number of ether oxygens (including phenoxy) is 2. The quantitative estimate of drug-likeness (QED) is 0.821. The Bertz CT molecular complexity index is 792. The molecule has 0 bridgehead atoms. The van der Waals surface area contributed by atoms with Crippen LogP contribution in [0.25, 0.3) is 0 Å². The fourth-order valence-electron chi connectivity index (χ4n) is 5.01. The van der Waals surface area contributed by atoms with Crippen LogP contribution in [0, 0.1) is 5.92 Å². The first kappa shape index (κ1) is 16.3. The number of fused-ring (bicyclic) bond motifs is 4. The van der Waals surface area contributed by atoms with E-state index in [2.05, 4.69) is 54.1 Å². The molecule has 0 saturated carbocycles. The zero-order chi connectivity index (χ0) is 17.7. The number of benzene rings is 1. The molecule has 3 aliphatic heterocycles. The maximum absolute atomic E-state index is 6.70. The molecule has 4 heterocycles. The molecule has 0 amide bonds. The predicted molar refractivity (Wildman–Crippen MR) is 99.9 cm³/mol. The molecule has 2 aromatic rings. The number of likely N-dealkylation sites (tertiary alicyclic amines) is 1. The summed E-state index contributed by atoms with van der Waals surface area (Å²) in [5, 5.41) is 0. The maximum atomic E-state index is 6.70. The molecular formula is C22H26N2O2. The van der Waals surface area contributed by atoms with E-state index in [4.69, 9.17) is 9.47 Å². The van der Waals surface area contributed by atoms with E-state index < -0.39 is 0 Å². The van der Waals surface area contributed by atoms with Gasteiger partial charge in [0.05, 0.1) is 17.9 Å². The molecule has 2 fully saturated rings. The van der Waals surface area contributed by atoms with Crippen molar-refractivity contribution >= 4 is 0 Å². The topological polar surface area (TPSA) is 34.6 Å². The Morgan fingerprint density at radius 3 is 2.85 bits per heavy atom. The van der Waals surface area contributed by atoms with Gasteiger partial charge in [-0.05, 0) is 44.9 Å². The minimum Gasteiger partial charge on any atom is -0.487 e. The molecule has 136 valence electrons. The van der Waals surface area contributed by atoms with Crippen LogP contribution in [0.3, 0.4) is 0 Å². The van der Waals surface area contributed by atoms with E-state index in [1.807, 2.05) is 18.3 Å². The zero-order valence-corrected chi connectivity index (χ0v) is 15.5. The van der Waals surface area contributed by atoms with Crippen molar-refractivity contribution in [3.05, 3.63) is 59.9 Å². The lowest BCUT2D eigenvalue weighted by Crippen LogP contribution is -2.53. The van der Waals surface area contributed by atoms with Crippen molar-refractivity contribution in [2.24, 2.45) is 5.92 Å². The summed E-state index contributed by atoms with van der Waals surface area (Å²) in [6.45, 7) is 6.40. The molecule has 0 N–H and O–H groups in total. The number of hydrogen-bond acceptors (Lipinski definition) is 4. The van der Waals surface area contributed by atoms with E-state index in [0.717, 1.165) is 37.4 Å². The van der Waals surface area contributed by atoms with E-state index in [9.17, 15) is 0 Å². The molecule has 26 heavy (non-hydrogen) atoms. The van der Waals surface area contributed by atoms with Gasteiger partial charge in [0, 0.05) is 36.8 Å². The predicted octanol–water partition coefficient (Wildman–Crippen LogP) is 3.97. The fraction of sp³-hybridized carbons (Fsp3) is 0.500. The Morgan fingerprint density at radius 1 is 1.15 bits per heavy atom. The van der Waals surface area contributed by atoms with Crippen molar-refractivity contribution < 1.29 is 9.47 Å².